The quantitative estimate of drug-likeness (QED) is 0.850. The lowest BCUT2D eigenvalue weighted by Gasteiger charge is -2.30. The number of fused-ring (bicyclic) bond motifs is 1. The number of hydrogen-bond acceptors (Lipinski definition) is 6. The number of aromatic nitrogens is 2. The first kappa shape index (κ1) is 16.0. The Morgan fingerprint density at radius 1 is 1.12 bits per heavy atom. The average molecular weight is 341 g/mol. The molecule has 1 aromatic heterocycles. The number of hydrogen-bond donors (Lipinski definition) is 0. The fraction of sp³-hybridized carbons (Fsp3) is 0.474. The van der Waals surface area contributed by atoms with Crippen LogP contribution in [-0.2, 0) is 6.61 Å². The van der Waals surface area contributed by atoms with Crippen LogP contribution in [-0.4, -0.2) is 29.9 Å². The molecule has 0 atom stereocenters. The van der Waals surface area contributed by atoms with Crippen molar-refractivity contribution in [2.75, 3.05) is 24.8 Å². The second kappa shape index (κ2) is 6.78. The Morgan fingerprint density at radius 3 is 2.76 bits per heavy atom. The van der Waals surface area contributed by atoms with Crippen LogP contribution in [0.5, 0.6) is 17.4 Å². The maximum absolute atomic E-state index is 5.91. The van der Waals surface area contributed by atoms with Crippen LogP contribution < -0.4 is 19.1 Å². The average Bonchev–Trinajstić information content (AvgIpc) is 3.08. The van der Waals surface area contributed by atoms with Crippen molar-refractivity contribution >= 4 is 5.95 Å². The topological polar surface area (TPSA) is 56.7 Å². The Balaban J connectivity index is 1.45. The molecule has 2 aromatic rings. The Morgan fingerprint density at radius 2 is 1.92 bits per heavy atom. The molecule has 2 aliphatic heterocycles. The molecule has 1 fully saturated rings. The van der Waals surface area contributed by atoms with E-state index in [0.29, 0.717) is 12.5 Å². The van der Waals surface area contributed by atoms with E-state index in [4.69, 9.17) is 14.2 Å². The van der Waals surface area contributed by atoms with E-state index in [9.17, 15) is 0 Å². The van der Waals surface area contributed by atoms with Gasteiger partial charge in [0.25, 0.3) is 0 Å². The van der Waals surface area contributed by atoms with Crippen LogP contribution in [0.2, 0.25) is 0 Å². The number of benzene rings is 1. The lowest BCUT2D eigenvalue weighted by atomic mass is 10.00. The number of anilines is 1. The first-order valence-corrected chi connectivity index (χ1v) is 8.79. The fourth-order valence-corrected chi connectivity index (χ4v) is 3.14. The van der Waals surface area contributed by atoms with Crippen LogP contribution in [0, 0.1) is 12.8 Å². The number of ether oxygens (including phenoxy) is 3. The van der Waals surface area contributed by atoms with Crippen molar-refractivity contribution in [3.8, 4) is 17.4 Å². The Kier molecular flexibility index (Phi) is 4.34. The van der Waals surface area contributed by atoms with Gasteiger partial charge in [-0.15, -0.1) is 0 Å². The standard InChI is InChI=1S/C19H23N3O3/c1-13-5-7-22(8-6-13)19-20-14(2)9-18(21-19)23-11-15-3-4-16-17(10-15)25-12-24-16/h3-4,9-10,13H,5-8,11-12H2,1-2H3. The summed E-state index contributed by atoms with van der Waals surface area (Å²) in [5.74, 6) is 3.71. The van der Waals surface area contributed by atoms with Gasteiger partial charge in [0.05, 0.1) is 0 Å². The zero-order chi connectivity index (χ0) is 17.2. The molecule has 0 saturated carbocycles. The summed E-state index contributed by atoms with van der Waals surface area (Å²) in [7, 11) is 0. The van der Waals surface area contributed by atoms with Gasteiger partial charge in [0.1, 0.15) is 6.61 Å². The van der Waals surface area contributed by atoms with Crippen LogP contribution >= 0.6 is 0 Å². The molecule has 0 amide bonds. The SMILES string of the molecule is Cc1cc(OCc2ccc3c(c2)OCO3)nc(N2CCC(C)CC2)n1. The van der Waals surface area contributed by atoms with Gasteiger partial charge in [-0.25, -0.2) is 4.98 Å². The van der Waals surface area contributed by atoms with Gasteiger partial charge in [0, 0.05) is 24.8 Å². The number of piperidine rings is 1. The highest BCUT2D eigenvalue weighted by Crippen LogP contribution is 2.32. The molecule has 0 bridgehead atoms. The van der Waals surface area contributed by atoms with Crippen LogP contribution in [0.15, 0.2) is 24.3 Å². The molecule has 132 valence electrons. The molecule has 4 rings (SSSR count). The summed E-state index contributed by atoms with van der Waals surface area (Å²) in [6.45, 7) is 7.00. The van der Waals surface area contributed by atoms with Crippen molar-refractivity contribution in [1.29, 1.82) is 0 Å². The lowest BCUT2D eigenvalue weighted by Crippen LogP contribution is -2.34. The van der Waals surface area contributed by atoms with Gasteiger partial charge in [-0.3, -0.25) is 0 Å². The zero-order valence-electron chi connectivity index (χ0n) is 14.7. The van der Waals surface area contributed by atoms with E-state index in [1.165, 1.54) is 12.8 Å². The Hall–Kier alpha value is -2.50. The molecule has 0 N–H and O–H groups in total. The van der Waals surface area contributed by atoms with Gasteiger partial charge < -0.3 is 19.1 Å². The van der Waals surface area contributed by atoms with Gasteiger partial charge in [-0.05, 0) is 43.4 Å². The van der Waals surface area contributed by atoms with E-state index in [-0.39, 0.29) is 6.79 Å². The molecule has 0 unspecified atom stereocenters. The third-order valence-corrected chi connectivity index (χ3v) is 4.71. The van der Waals surface area contributed by atoms with Crippen molar-refractivity contribution in [2.45, 2.75) is 33.3 Å². The normalized spacial score (nSPS) is 17.0. The highest BCUT2D eigenvalue weighted by molar-refractivity contribution is 5.44. The van der Waals surface area contributed by atoms with Gasteiger partial charge in [0.15, 0.2) is 11.5 Å². The molecular formula is C19H23N3O3. The number of nitrogens with zero attached hydrogens (tertiary/aromatic N) is 3. The molecule has 1 saturated heterocycles. The van der Waals surface area contributed by atoms with Gasteiger partial charge >= 0.3 is 0 Å². The van der Waals surface area contributed by atoms with E-state index >= 15 is 0 Å². The van der Waals surface area contributed by atoms with Crippen molar-refractivity contribution in [3.63, 3.8) is 0 Å². The maximum atomic E-state index is 5.91. The molecular weight excluding hydrogens is 318 g/mol. The molecule has 0 aliphatic carbocycles. The summed E-state index contributed by atoms with van der Waals surface area (Å²) in [5, 5.41) is 0. The van der Waals surface area contributed by atoms with Crippen LogP contribution in [0.25, 0.3) is 0 Å². The molecule has 25 heavy (non-hydrogen) atoms. The van der Waals surface area contributed by atoms with Crippen molar-refractivity contribution < 1.29 is 14.2 Å². The monoisotopic (exact) mass is 341 g/mol. The minimum atomic E-state index is 0.280. The van der Waals surface area contributed by atoms with Crippen LogP contribution in [0.3, 0.4) is 0 Å². The molecule has 6 heteroatoms. The van der Waals surface area contributed by atoms with Crippen LogP contribution in [0.1, 0.15) is 31.0 Å². The Bertz CT molecular complexity index is 758. The largest absolute Gasteiger partial charge is 0.473 e. The minimum absolute atomic E-state index is 0.280. The molecule has 6 nitrogen and oxygen atoms in total. The van der Waals surface area contributed by atoms with Crippen LogP contribution in [0.4, 0.5) is 5.95 Å². The van der Waals surface area contributed by atoms with Gasteiger partial charge in [0.2, 0.25) is 18.6 Å². The Labute approximate surface area is 147 Å². The van der Waals surface area contributed by atoms with E-state index < -0.39 is 0 Å². The summed E-state index contributed by atoms with van der Waals surface area (Å²) in [5.41, 5.74) is 1.94. The highest BCUT2D eigenvalue weighted by atomic mass is 16.7. The second-order valence-electron chi connectivity index (χ2n) is 6.79. The molecule has 2 aliphatic rings. The highest BCUT2D eigenvalue weighted by Gasteiger charge is 2.19. The minimum Gasteiger partial charge on any atom is -0.473 e. The smallest absolute Gasteiger partial charge is 0.231 e. The summed E-state index contributed by atoms with van der Waals surface area (Å²) < 4.78 is 16.7. The van der Waals surface area contributed by atoms with E-state index in [1.807, 2.05) is 31.2 Å². The van der Waals surface area contributed by atoms with Crippen molar-refractivity contribution in [1.82, 2.24) is 9.97 Å². The number of rotatable bonds is 4. The first-order valence-electron chi connectivity index (χ1n) is 8.79. The molecule has 3 heterocycles. The lowest BCUT2D eigenvalue weighted by molar-refractivity contribution is 0.174. The predicted octanol–water partition coefficient (Wildman–Crippen LogP) is 3.33. The first-order chi connectivity index (χ1) is 12.2. The number of aryl methyl sites for hydroxylation is 1. The predicted molar refractivity (Wildman–Crippen MR) is 94.3 cm³/mol. The zero-order valence-corrected chi connectivity index (χ0v) is 14.7. The molecule has 1 aromatic carbocycles. The summed E-state index contributed by atoms with van der Waals surface area (Å²) in [4.78, 5) is 11.4. The third-order valence-electron chi connectivity index (χ3n) is 4.71. The van der Waals surface area contributed by atoms with Crippen molar-refractivity contribution in [2.24, 2.45) is 5.92 Å². The maximum Gasteiger partial charge on any atom is 0.231 e. The van der Waals surface area contributed by atoms with Gasteiger partial charge in [-0.1, -0.05) is 13.0 Å². The summed E-state index contributed by atoms with van der Waals surface area (Å²) >= 11 is 0. The van der Waals surface area contributed by atoms with Crippen molar-refractivity contribution in [3.05, 3.63) is 35.5 Å². The summed E-state index contributed by atoms with van der Waals surface area (Å²) in [6.07, 6.45) is 2.37. The van der Waals surface area contributed by atoms with E-state index in [0.717, 1.165) is 47.7 Å². The van der Waals surface area contributed by atoms with E-state index in [1.54, 1.807) is 0 Å². The van der Waals surface area contributed by atoms with Gasteiger partial charge in [-0.2, -0.15) is 4.98 Å². The summed E-state index contributed by atoms with van der Waals surface area (Å²) in [6, 6.07) is 7.72. The molecule has 0 spiro atoms. The molecule has 0 radical (unpaired) electrons. The van der Waals surface area contributed by atoms with E-state index in [2.05, 4.69) is 21.8 Å². The fourth-order valence-electron chi connectivity index (χ4n) is 3.14. The third kappa shape index (κ3) is 3.62. The second-order valence-corrected chi connectivity index (χ2v) is 6.79.